The lowest BCUT2D eigenvalue weighted by atomic mass is 9.79. The van der Waals surface area contributed by atoms with E-state index < -0.39 is 0 Å². The van der Waals surface area contributed by atoms with Gasteiger partial charge in [-0.25, -0.2) is 0 Å². The summed E-state index contributed by atoms with van der Waals surface area (Å²) >= 11 is 2.00. The summed E-state index contributed by atoms with van der Waals surface area (Å²) in [7, 11) is 0. The second-order valence-corrected chi connectivity index (χ2v) is 20.7. The second kappa shape index (κ2) is 15.4. The Morgan fingerprint density at radius 3 is 1.97 bits per heavy atom. The van der Waals surface area contributed by atoms with Crippen LogP contribution < -0.4 is 4.90 Å². The standard InChI is InChI=1S/C62H53NS/c1-61(2)53-34-10-7-26-47(53)52-33-18-30-46(60(52)61)43-24-15-25-44(40-43)63(56-37-12-9-28-49(56)51-32-19-38-57-59(51)54-35-13-14-39-62(54,3)64-57)55-36-11-8-27-48(55)50-31-17-23-42-22-16-29-45(58(42)50)41-20-5-4-6-21-41/h7-19,22-41,54H,4-6,20-21H2,1-3H3. The number of fused-ring (bicyclic) bond motifs is 7. The van der Waals surface area contributed by atoms with Crippen LogP contribution >= 0.6 is 11.8 Å². The summed E-state index contributed by atoms with van der Waals surface area (Å²) in [5.74, 6) is 0.863. The van der Waals surface area contributed by atoms with Gasteiger partial charge in [0.25, 0.3) is 0 Å². The molecule has 2 atom stereocenters. The molecule has 1 nitrogen and oxygen atoms in total. The zero-order valence-electron chi connectivity index (χ0n) is 37.0. The molecule has 0 spiro atoms. The van der Waals surface area contributed by atoms with Gasteiger partial charge in [-0.2, -0.15) is 0 Å². The lowest BCUT2D eigenvalue weighted by Gasteiger charge is -2.32. The van der Waals surface area contributed by atoms with E-state index in [0.717, 1.165) is 5.69 Å². The topological polar surface area (TPSA) is 3.24 Å². The first-order valence-corrected chi connectivity index (χ1v) is 24.2. The third-order valence-corrected chi connectivity index (χ3v) is 16.4. The van der Waals surface area contributed by atoms with E-state index in [9.17, 15) is 0 Å². The fourth-order valence-electron chi connectivity index (χ4n) is 12.1. The average Bonchev–Trinajstić information content (AvgIpc) is 3.79. The molecule has 0 N–H and O–H groups in total. The molecule has 12 rings (SSSR count). The van der Waals surface area contributed by atoms with Crippen LogP contribution in [0.25, 0.3) is 55.3 Å². The monoisotopic (exact) mass is 843 g/mol. The fraction of sp³-hybridized carbons (Fsp3) is 0.194. The maximum absolute atomic E-state index is 2.58. The Labute approximate surface area is 383 Å². The highest BCUT2D eigenvalue weighted by atomic mass is 32.2. The molecule has 8 aromatic rings. The molecule has 1 aliphatic heterocycles. The van der Waals surface area contributed by atoms with Gasteiger partial charge in [0.05, 0.1) is 11.4 Å². The third-order valence-electron chi connectivity index (χ3n) is 15.0. The number of rotatable bonds is 7. The van der Waals surface area contributed by atoms with Gasteiger partial charge >= 0.3 is 0 Å². The smallest absolute Gasteiger partial charge is 0.0540 e. The molecule has 0 aromatic heterocycles. The van der Waals surface area contributed by atoms with E-state index in [1.807, 2.05) is 11.8 Å². The van der Waals surface area contributed by atoms with Crippen LogP contribution in [0.15, 0.2) is 199 Å². The van der Waals surface area contributed by atoms with Crippen LogP contribution in [-0.4, -0.2) is 4.75 Å². The zero-order chi connectivity index (χ0) is 43.0. The van der Waals surface area contributed by atoms with Gasteiger partial charge in [0, 0.05) is 37.8 Å². The Kier molecular flexibility index (Phi) is 9.46. The molecule has 1 heterocycles. The Balaban J connectivity index is 1.10. The number of para-hydroxylation sites is 2. The highest BCUT2D eigenvalue weighted by Gasteiger charge is 2.43. The molecule has 1 saturated carbocycles. The maximum Gasteiger partial charge on any atom is 0.0540 e. The molecular formula is C62H53NS. The summed E-state index contributed by atoms with van der Waals surface area (Å²) in [6, 6.07) is 64.6. The zero-order valence-corrected chi connectivity index (χ0v) is 37.8. The molecule has 8 aromatic carbocycles. The molecule has 312 valence electrons. The first-order chi connectivity index (χ1) is 31.4. The van der Waals surface area contributed by atoms with E-state index in [-0.39, 0.29) is 16.1 Å². The van der Waals surface area contributed by atoms with Crippen molar-refractivity contribution >= 4 is 39.6 Å². The summed E-state index contributed by atoms with van der Waals surface area (Å²) in [6.07, 6.45) is 15.8. The molecule has 64 heavy (non-hydrogen) atoms. The fourth-order valence-corrected chi connectivity index (χ4v) is 13.5. The molecule has 0 amide bonds. The molecule has 0 radical (unpaired) electrons. The number of hydrogen-bond acceptors (Lipinski definition) is 2. The third kappa shape index (κ3) is 6.21. The van der Waals surface area contributed by atoms with Crippen LogP contribution in [0.1, 0.15) is 87.0 Å². The van der Waals surface area contributed by atoms with Crippen molar-refractivity contribution in [2.75, 3.05) is 4.90 Å². The lowest BCUT2D eigenvalue weighted by molar-refractivity contribution is 0.445. The number of benzene rings is 8. The van der Waals surface area contributed by atoms with E-state index in [1.165, 1.54) is 126 Å². The van der Waals surface area contributed by atoms with Crippen molar-refractivity contribution in [2.45, 2.75) is 79.8 Å². The van der Waals surface area contributed by atoms with Crippen LogP contribution in [0.3, 0.4) is 0 Å². The summed E-state index contributed by atoms with van der Waals surface area (Å²) in [4.78, 5) is 3.95. The van der Waals surface area contributed by atoms with E-state index in [2.05, 4.69) is 220 Å². The maximum atomic E-state index is 2.58. The van der Waals surface area contributed by atoms with Crippen molar-refractivity contribution in [3.63, 3.8) is 0 Å². The normalized spacial score (nSPS) is 19.3. The van der Waals surface area contributed by atoms with Crippen LogP contribution in [0.4, 0.5) is 17.1 Å². The van der Waals surface area contributed by atoms with Gasteiger partial charge in [-0.15, -0.1) is 11.8 Å². The van der Waals surface area contributed by atoms with Gasteiger partial charge in [-0.05, 0) is 122 Å². The van der Waals surface area contributed by atoms with Crippen molar-refractivity contribution in [3.05, 3.63) is 216 Å². The summed E-state index contributed by atoms with van der Waals surface area (Å²) < 4.78 is -0.0173. The summed E-state index contributed by atoms with van der Waals surface area (Å²) in [6.45, 7) is 7.20. The highest BCUT2D eigenvalue weighted by molar-refractivity contribution is 8.01. The van der Waals surface area contributed by atoms with Gasteiger partial charge in [0.2, 0.25) is 0 Å². The minimum atomic E-state index is -0.134. The van der Waals surface area contributed by atoms with Crippen molar-refractivity contribution in [1.82, 2.24) is 0 Å². The predicted molar refractivity (Wildman–Crippen MR) is 274 cm³/mol. The number of nitrogens with zero attached hydrogens (tertiary/aromatic N) is 1. The van der Waals surface area contributed by atoms with Crippen molar-refractivity contribution in [1.29, 1.82) is 0 Å². The number of anilines is 3. The second-order valence-electron chi connectivity index (χ2n) is 19.1. The van der Waals surface area contributed by atoms with Crippen molar-refractivity contribution in [2.24, 2.45) is 0 Å². The molecule has 4 aliphatic rings. The Morgan fingerprint density at radius 1 is 0.531 bits per heavy atom. The number of allylic oxidation sites excluding steroid dienone is 3. The van der Waals surface area contributed by atoms with E-state index in [1.54, 1.807) is 0 Å². The highest BCUT2D eigenvalue weighted by Crippen LogP contribution is 2.59. The first kappa shape index (κ1) is 39.3. The van der Waals surface area contributed by atoms with E-state index in [0.29, 0.717) is 5.92 Å². The molecule has 0 saturated heterocycles. The van der Waals surface area contributed by atoms with E-state index >= 15 is 0 Å². The lowest BCUT2D eigenvalue weighted by Crippen LogP contribution is -2.22. The first-order valence-electron chi connectivity index (χ1n) is 23.4. The van der Waals surface area contributed by atoms with Gasteiger partial charge < -0.3 is 4.90 Å². The SMILES string of the molecule is CC1(C)c2ccccc2-c2cccc(-c3cccc(N(c4ccccc4-c4cccc5c4C4C=CC=CC4(C)S5)c4ccccc4-c4cccc5cccc(C6CCCCC6)c45)c3)c21. The summed E-state index contributed by atoms with van der Waals surface area (Å²) in [5.41, 5.74) is 19.4. The molecule has 0 bridgehead atoms. The summed E-state index contributed by atoms with van der Waals surface area (Å²) in [5, 5.41) is 2.73. The predicted octanol–water partition coefficient (Wildman–Crippen LogP) is 17.7. The Morgan fingerprint density at radius 2 is 1.16 bits per heavy atom. The van der Waals surface area contributed by atoms with Gasteiger partial charge in [-0.3, -0.25) is 0 Å². The number of thioether (sulfide) groups is 1. The van der Waals surface area contributed by atoms with Crippen LogP contribution in [-0.2, 0) is 5.41 Å². The average molecular weight is 844 g/mol. The molecule has 1 fully saturated rings. The van der Waals surface area contributed by atoms with Crippen molar-refractivity contribution in [3.8, 4) is 44.5 Å². The van der Waals surface area contributed by atoms with Crippen LogP contribution in [0, 0.1) is 0 Å². The van der Waals surface area contributed by atoms with Gasteiger partial charge in [0.1, 0.15) is 0 Å². The van der Waals surface area contributed by atoms with Crippen LogP contribution in [0.5, 0.6) is 0 Å². The largest absolute Gasteiger partial charge is 0.309 e. The van der Waals surface area contributed by atoms with Crippen LogP contribution in [0.2, 0.25) is 0 Å². The molecule has 2 unspecified atom stereocenters. The van der Waals surface area contributed by atoms with Gasteiger partial charge in [0.15, 0.2) is 0 Å². The molecule has 2 heteroatoms. The quantitative estimate of drug-likeness (QED) is 0.157. The number of hydrogen-bond donors (Lipinski definition) is 0. The Hall–Kier alpha value is -6.35. The van der Waals surface area contributed by atoms with Crippen molar-refractivity contribution < 1.29 is 0 Å². The minimum absolute atomic E-state index is 0.0173. The van der Waals surface area contributed by atoms with Gasteiger partial charge in [-0.1, -0.05) is 197 Å². The minimum Gasteiger partial charge on any atom is -0.309 e. The Bertz CT molecular complexity index is 3190. The van der Waals surface area contributed by atoms with E-state index in [4.69, 9.17) is 0 Å². The molecular weight excluding hydrogens is 791 g/mol. The molecule has 3 aliphatic carbocycles.